The number of nitrogens with one attached hydrogen (secondary N) is 4. The van der Waals surface area contributed by atoms with Crippen LogP contribution in [0.2, 0.25) is 0 Å². The summed E-state index contributed by atoms with van der Waals surface area (Å²) in [6.07, 6.45) is 8.59. The topological polar surface area (TPSA) is 260 Å². The quantitative estimate of drug-likeness (QED) is 0.0518. The lowest BCUT2D eigenvalue weighted by molar-refractivity contribution is -0.143. The molecule has 22 nitrogen and oxygen atoms in total. The normalized spacial score (nSPS) is 11.9. The van der Waals surface area contributed by atoms with Crippen LogP contribution >= 0.6 is 0 Å². The van der Waals surface area contributed by atoms with E-state index in [0.717, 1.165) is 28.0 Å². The highest BCUT2D eigenvalue weighted by atomic mass is 16.5. The number of urea groups is 1. The molecular formula is C68H81N15O7. The molecule has 0 saturated carbocycles. The molecule has 0 spiro atoms. The molecule has 0 radical (unpaired) electrons. The zero-order valence-corrected chi connectivity index (χ0v) is 52.3. The van der Waals surface area contributed by atoms with Gasteiger partial charge < -0.3 is 34.6 Å². The summed E-state index contributed by atoms with van der Waals surface area (Å²) in [5.74, 6) is 1.07. The molecule has 470 valence electrons. The van der Waals surface area contributed by atoms with E-state index in [9.17, 15) is 24.0 Å². The maximum absolute atomic E-state index is 12.6. The van der Waals surface area contributed by atoms with E-state index < -0.39 is 5.41 Å². The molecule has 10 rings (SSSR count). The SMILES string of the molecule is C.C=C(Nc1ccn(C(C)C)c(=O)n1)c1ccccc1.C=C1NC(=O)N(C(C)C)C=C1C.CC(C)n1cnc2c(NC(=O)c3ccccc3)ncnc21.CC(C)n1cnc2c(OCc3ccc(OC(=O)C(C)(C)C)cc3)nc(NC(=O)Cc3ccccc3)nc21. The second-order valence-electron chi connectivity index (χ2n) is 22.8. The summed E-state index contributed by atoms with van der Waals surface area (Å²) in [4.78, 5) is 91.8. The fourth-order valence-corrected chi connectivity index (χ4v) is 8.29. The van der Waals surface area contributed by atoms with Gasteiger partial charge in [-0.05, 0) is 136 Å². The first-order valence-corrected chi connectivity index (χ1v) is 29.0. The van der Waals surface area contributed by atoms with E-state index in [1.54, 1.807) is 79.4 Å². The number of aromatic nitrogens is 10. The van der Waals surface area contributed by atoms with Gasteiger partial charge in [-0.15, -0.1) is 0 Å². The van der Waals surface area contributed by atoms with Gasteiger partial charge in [0.2, 0.25) is 17.7 Å². The third kappa shape index (κ3) is 18.7. The van der Waals surface area contributed by atoms with E-state index in [1.165, 1.54) is 6.33 Å². The van der Waals surface area contributed by atoms with Crippen molar-refractivity contribution in [1.29, 1.82) is 0 Å². The lowest BCUT2D eigenvalue weighted by atomic mass is 9.97. The van der Waals surface area contributed by atoms with Crippen LogP contribution in [0.1, 0.15) is 136 Å². The van der Waals surface area contributed by atoms with Gasteiger partial charge in [0.25, 0.3) is 5.91 Å². The molecule has 0 atom stereocenters. The van der Waals surface area contributed by atoms with Gasteiger partial charge >= 0.3 is 17.7 Å². The van der Waals surface area contributed by atoms with Crippen molar-refractivity contribution in [3.63, 3.8) is 0 Å². The molecule has 1 aliphatic heterocycles. The molecule has 6 heterocycles. The van der Waals surface area contributed by atoms with Gasteiger partial charge in [0.1, 0.15) is 24.5 Å². The number of anilines is 3. The molecule has 22 heteroatoms. The molecule has 5 aromatic heterocycles. The number of amides is 4. The molecular weight excluding hydrogens is 1140 g/mol. The monoisotopic (exact) mass is 1220 g/mol. The second kappa shape index (κ2) is 31.3. The first kappa shape index (κ1) is 68.5. The van der Waals surface area contributed by atoms with Gasteiger partial charge in [-0.3, -0.25) is 29.2 Å². The number of carbonyl (C=O) groups is 4. The molecule has 0 bridgehead atoms. The Morgan fingerprint density at radius 1 is 0.633 bits per heavy atom. The summed E-state index contributed by atoms with van der Waals surface area (Å²) in [5, 5.41) is 11.3. The number of rotatable bonds is 16. The Labute approximate surface area is 525 Å². The predicted octanol–water partition coefficient (Wildman–Crippen LogP) is 13.2. The number of fused-ring (bicyclic) bond motifs is 2. The number of esters is 1. The molecule has 0 unspecified atom stereocenters. The van der Waals surface area contributed by atoms with Crippen molar-refractivity contribution in [2.45, 2.75) is 128 Å². The molecule has 0 aliphatic carbocycles. The van der Waals surface area contributed by atoms with Gasteiger partial charge in [-0.2, -0.15) is 15.0 Å². The van der Waals surface area contributed by atoms with Gasteiger partial charge in [0.15, 0.2) is 28.1 Å². The summed E-state index contributed by atoms with van der Waals surface area (Å²) in [6, 6.07) is 37.6. The van der Waals surface area contributed by atoms with Crippen LogP contribution in [0.25, 0.3) is 28.0 Å². The summed E-state index contributed by atoms with van der Waals surface area (Å²) in [5.41, 5.74) is 7.22. The van der Waals surface area contributed by atoms with Crippen molar-refractivity contribution in [2.24, 2.45) is 5.41 Å². The number of imidazole rings is 2. The predicted molar refractivity (Wildman–Crippen MR) is 354 cm³/mol. The highest BCUT2D eigenvalue weighted by Crippen LogP contribution is 2.28. The fraction of sp³-hybridized carbons (Fsp3) is 0.294. The first-order valence-electron chi connectivity index (χ1n) is 29.0. The molecule has 4 N–H and O–H groups in total. The van der Waals surface area contributed by atoms with Crippen molar-refractivity contribution in [2.75, 3.05) is 16.0 Å². The zero-order valence-electron chi connectivity index (χ0n) is 52.3. The van der Waals surface area contributed by atoms with Gasteiger partial charge in [-0.1, -0.05) is 112 Å². The molecule has 4 aromatic carbocycles. The summed E-state index contributed by atoms with van der Waals surface area (Å²) < 4.78 is 16.9. The van der Waals surface area contributed by atoms with Gasteiger partial charge in [0, 0.05) is 53.5 Å². The molecule has 90 heavy (non-hydrogen) atoms. The van der Waals surface area contributed by atoms with Crippen LogP contribution in [0.4, 0.5) is 22.4 Å². The number of nitrogens with zero attached hydrogens (tertiary/aromatic N) is 11. The Balaban J connectivity index is 0.000000207. The zero-order chi connectivity index (χ0) is 64.5. The van der Waals surface area contributed by atoms with Crippen LogP contribution in [-0.4, -0.2) is 83.3 Å². The van der Waals surface area contributed by atoms with E-state index >= 15 is 0 Å². The molecule has 0 saturated heterocycles. The number of hydrogen-bond acceptors (Lipinski definition) is 15. The highest BCUT2D eigenvalue weighted by molar-refractivity contribution is 6.06. The van der Waals surface area contributed by atoms with E-state index in [1.807, 2.05) is 169 Å². The van der Waals surface area contributed by atoms with Crippen molar-refractivity contribution >= 4 is 69.4 Å². The number of benzene rings is 4. The largest absolute Gasteiger partial charge is 0.471 e. The fourth-order valence-electron chi connectivity index (χ4n) is 8.29. The van der Waals surface area contributed by atoms with Crippen LogP contribution in [0.15, 0.2) is 182 Å². The minimum atomic E-state index is -0.590. The third-order valence-corrected chi connectivity index (χ3v) is 13.4. The highest BCUT2D eigenvalue weighted by Gasteiger charge is 2.25. The summed E-state index contributed by atoms with van der Waals surface area (Å²) in [6.45, 7) is 31.2. The summed E-state index contributed by atoms with van der Waals surface area (Å²) >= 11 is 0. The Hall–Kier alpha value is -10.6. The molecule has 0 fully saturated rings. The smallest absolute Gasteiger partial charge is 0.349 e. The lowest BCUT2D eigenvalue weighted by Gasteiger charge is -2.28. The van der Waals surface area contributed by atoms with Gasteiger partial charge in [-0.25, -0.2) is 29.5 Å². The molecule has 9 aromatic rings. The van der Waals surface area contributed by atoms with Crippen LogP contribution in [0, 0.1) is 5.41 Å². The second-order valence-corrected chi connectivity index (χ2v) is 22.8. The Kier molecular flexibility index (Phi) is 23.8. The average Bonchev–Trinajstić information content (AvgIpc) is 1.67. The number of hydrogen-bond donors (Lipinski definition) is 4. The van der Waals surface area contributed by atoms with E-state index in [4.69, 9.17) is 9.47 Å². The third-order valence-electron chi connectivity index (χ3n) is 13.4. The van der Waals surface area contributed by atoms with Crippen molar-refractivity contribution in [1.82, 2.24) is 58.8 Å². The maximum Gasteiger partial charge on any atom is 0.349 e. The molecule has 1 aliphatic rings. The van der Waals surface area contributed by atoms with Crippen molar-refractivity contribution in [3.8, 4) is 11.6 Å². The van der Waals surface area contributed by atoms with Crippen LogP contribution < -0.4 is 36.4 Å². The van der Waals surface area contributed by atoms with Crippen LogP contribution in [0.5, 0.6) is 11.6 Å². The van der Waals surface area contributed by atoms with Crippen LogP contribution in [0.3, 0.4) is 0 Å². The van der Waals surface area contributed by atoms with Crippen LogP contribution in [-0.2, 0) is 22.6 Å². The van der Waals surface area contributed by atoms with Gasteiger partial charge in [0.05, 0.1) is 24.5 Å². The van der Waals surface area contributed by atoms with E-state index in [-0.39, 0.29) is 86.0 Å². The average molecular weight is 1220 g/mol. The van der Waals surface area contributed by atoms with E-state index in [2.05, 4.69) is 69.3 Å². The van der Waals surface area contributed by atoms with Crippen molar-refractivity contribution < 1.29 is 28.7 Å². The Morgan fingerprint density at radius 3 is 1.79 bits per heavy atom. The Morgan fingerprint density at radius 2 is 1.21 bits per heavy atom. The maximum atomic E-state index is 12.6. The first-order chi connectivity index (χ1) is 42.4. The number of carbonyl (C=O) groups excluding carboxylic acids is 4. The number of ether oxygens (including phenoxy) is 2. The minimum absolute atomic E-state index is 0. The van der Waals surface area contributed by atoms with E-state index in [0.29, 0.717) is 51.0 Å². The standard InChI is InChI=1S/C28H31N5O4.C15H15N5O.C15H17N3O.C9H14N2O.CH4/c1-18(2)33-17-29-23-24(33)31-27(30-22(34)15-19-9-7-6-8-10-19)32-25(23)36-16-20-11-13-21(14-12-20)37-26(35)28(3,4)5;1-10(2)20-9-18-12-13(16-8-17-14(12)20)19-15(21)11-6-4-3-5-7-11;1-11(2)18-10-9-14(17-15(18)19)16-12(3)13-7-5-4-6-8-13;1-6(2)11-5-7(3)8(4)10-9(11)12;/h6-14,17-18H,15-16H2,1-5H3,(H,30,31,32,34);3-10H,1-2H3,(H,16,17,19,21);4-11H,3H2,1-2H3,(H,16,17,19);5-6H,4H2,1-3H3,(H,10,12);1H4. The van der Waals surface area contributed by atoms with Crippen molar-refractivity contribution in [3.05, 3.63) is 210 Å². The summed E-state index contributed by atoms with van der Waals surface area (Å²) in [7, 11) is 0. The Bertz CT molecular complexity index is 4020. The minimum Gasteiger partial charge on any atom is -0.471 e. The number of allylic oxidation sites excluding steroid dienone is 1. The molecule has 4 amide bonds. The lowest BCUT2D eigenvalue weighted by Crippen LogP contribution is -2.43.